The summed E-state index contributed by atoms with van der Waals surface area (Å²) >= 11 is 5.75. The molecule has 0 heterocycles. The van der Waals surface area contributed by atoms with E-state index < -0.39 is 24.4 Å². The van der Waals surface area contributed by atoms with Crippen LogP contribution in [0.25, 0.3) is 0 Å². The molecule has 0 aromatic heterocycles. The van der Waals surface area contributed by atoms with E-state index in [1.165, 1.54) is 30.3 Å². The Balaban J connectivity index is 2.13. The third kappa shape index (κ3) is 4.63. The summed E-state index contributed by atoms with van der Waals surface area (Å²) in [5.41, 5.74) is 0.350. The van der Waals surface area contributed by atoms with Gasteiger partial charge in [-0.1, -0.05) is 23.7 Å². The second-order valence-corrected chi connectivity index (χ2v) is 5.21. The molecule has 23 heavy (non-hydrogen) atoms. The highest BCUT2D eigenvalue weighted by molar-refractivity contribution is 6.31. The Bertz CT molecular complexity index is 709. The van der Waals surface area contributed by atoms with E-state index in [0.717, 1.165) is 6.07 Å². The molecule has 2 aromatic rings. The van der Waals surface area contributed by atoms with Crippen molar-refractivity contribution in [3.8, 4) is 5.75 Å². The van der Waals surface area contributed by atoms with Gasteiger partial charge in [0.05, 0.1) is 11.6 Å². The van der Waals surface area contributed by atoms with E-state index in [4.69, 9.17) is 11.6 Å². The summed E-state index contributed by atoms with van der Waals surface area (Å²) < 4.78 is 42.4. The van der Waals surface area contributed by atoms with E-state index >= 15 is 0 Å². The largest absolute Gasteiger partial charge is 0.435 e. The molecule has 122 valence electrons. The smallest absolute Gasteiger partial charge is 0.387 e. The van der Waals surface area contributed by atoms with Gasteiger partial charge in [-0.25, -0.2) is 4.39 Å². The molecule has 0 bridgehead atoms. The molecule has 0 saturated carbocycles. The summed E-state index contributed by atoms with van der Waals surface area (Å²) in [5, 5.41) is 2.81. The highest BCUT2D eigenvalue weighted by atomic mass is 35.5. The number of rotatable bonds is 5. The maximum atomic E-state index is 13.7. The fourth-order valence-corrected chi connectivity index (χ4v) is 2.16. The number of alkyl halides is 2. The predicted molar refractivity (Wildman–Crippen MR) is 80.4 cm³/mol. The minimum atomic E-state index is -2.93. The van der Waals surface area contributed by atoms with E-state index in [9.17, 15) is 18.0 Å². The Morgan fingerprint density at radius 2 is 1.96 bits per heavy atom. The van der Waals surface area contributed by atoms with E-state index in [0.29, 0.717) is 5.56 Å². The van der Waals surface area contributed by atoms with Crippen molar-refractivity contribution in [3.05, 3.63) is 64.4 Å². The lowest BCUT2D eigenvalue weighted by atomic mass is 10.1. The number of ether oxygens (including phenoxy) is 1. The summed E-state index contributed by atoms with van der Waals surface area (Å²) in [5.74, 6) is -1.38. The zero-order valence-electron chi connectivity index (χ0n) is 12.0. The lowest BCUT2D eigenvalue weighted by molar-refractivity contribution is -0.0499. The molecular weight excluding hydrogens is 331 g/mol. The highest BCUT2D eigenvalue weighted by Gasteiger charge is 2.16. The van der Waals surface area contributed by atoms with Crippen molar-refractivity contribution >= 4 is 17.5 Å². The van der Waals surface area contributed by atoms with Crippen LogP contribution >= 0.6 is 11.6 Å². The molecule has 1 unspecified atom stereocenters. The molecule has 0 spiro atoms. The molecule has 0 aliphatic heterocycles. The first-order chi connectivity index (χ1) is 10.9. The predicted octanol–water partition coefficient (Wildman–Crippen LogP) is 4.57. The molecule has 0 fully saturated rings. The lowest BCUT2D eigenvalue weighted by Crippen LogP contribution is -2.27. The van der Waals surface area contributed by atoms with Crippen LogP contribution in [0.5, 0.6) is 5.75 Å². The molecule has 7 heteroatoms. The van der Waals surface area contributed by atoms with Crippen LogP contribution in [0.4, 0.5) is 13.2 Å². The highest BCUT2D eigenvalue weighted by Crippen LogP contribution is 2.22. The van der Waals surface area contributed by atoms with Crippen LogP contribution in [0.1, 0.15) is 28.9 Å². The van der Waals surface area contributed by atoms with Gasteiger partial charge in [0.2, 0.25) is 0 Å². The Morgan fingerprint density at radius 3 is 2.65 bits per heavy atom. The van der Waals surface area contributed by atoms with Gasteiger partial charge in [0, 0.05) is 5.02 Å². The number of hydrogen-bond acceptors (Lipinski definition) is 2. The minimum Gasteiger partial charge on any atom is -0.435 e. The molecule has 0 aliphatic rings. The van der Waals surface area contributed by atoms with Crippen molar-refractivity contribution in [1.82, 2.24) is 5.32 Å². The van der Waals surface area contributed by atoms with Gasteiger partial charge in [0.25, 0.3) is 5.91 Å². The Kier molecular flexibility index (Phi) is 5.50. The van der Waals surface area contributed by atoms with Gasteiger partial charge < -0.3 is 10.1 Å². The summed E-state index contributed by atoms with van der Waals surface area (Å²) in [6.07, 6.45) is 0. The SMILES string of the molecule is CC(NC(=O)c1cc(Cl)ccc1F)c1cccc(OC(F)F)c1. The second-order valence-electron chi connectivity index (χ2n) is 4.77. The zero-order chi connectivity index (χ0) is 17.0. The topological polar surface area (TPSA) is 38.3 Å². The fraction of sp³-hybridized carbons (Fsp3) is 0.188. The summed E-state index contributed by atoms with van der Waals surface area (Å²) in [6.45, 7) is -1.29. The molecule has 0 saturated heterocycles. The number of hydrogen-bond donors (Lipinski definition) is 1. The second kappa shape index (κ2) is 7.37. The average molecular weight is 344 g/mol. The van der Waals surface area contributed by atoms with E-state index in [-0.39, 0.29) is 16.3 Å². The van der Waals surface area contributed by atoms with Crippen molar-refractivity contribution in [1.29, 1.82) is 0 Å². The minimum absolute atomic E-state index is 0.0208. The van der Waals surface area contributed by atoms with Crippen molar-refractivity contribution in [2.24, 2.45) is 0 Å². The van der Waals surface area contributed by atoms with Gasteiger partial charge in [-0.15, -0.1) is 0 Å². The zero-order valence-corrected chi connectivity index (χ0v) is 12.8. The Hall–Kier alpha value is -2.21. The van der Waals surface area contributed by atoms with E-state index in [1.54, 1.807) is 13.0 Å². The number of benzene rings is 2. The number of carbonyl (C=O) groups excluding carboxylic acids is 1. The first-order valence-electron chi connectivity index (χ1n) is 6.67. The molecule has 3 nitrogen and oxygen atoms in total. The third-order valence-corrected chi connectivity index (χ3v) is 3.34. The fourth-order valence-electron chi connectivity index (χ4n) is 1.99. The quantitative estimate of drug-likeness (QED) is 0.863. The van der Waals surface area contributed by atoms with E-state index in [1.807, 2.05) is 0 Å². The molecular formula is C16H13ClF3NO2. The van der Waals surface area contributed by atoms with Crippen molar-refractivity contribution in [3.63, 3.8) is 0 Å². The van der Waals surface area contributed by atoms with Crippen LogP contribution in [-0.4, -0.2) is 12.5 Å². The van der Waals surface area contributed by atoms with Crippen LogP contribution in [0.3, 0.4) is 0 Å². The number of halogens is 4. The molecule has 2 rings (SSSR count). The van der Waals surface area contributed by atoms with Gasteiger partial charge in [-0.2, -0.15) is 8.78 Å². The van der Waals surface area contributed by atoms with Crippen LogP contribution in [0.15, 0.2) is 42.5 Å². The van der Waals surface area contributed by atoms with Crippen molar-refractivity contribution in [2.75, 3.05) is 0 Å². The molecule has 2 aromatic carbocycles. The first-order valence-corrected chi connectivity index (χ1v) is 7.05. The first kappa shape index (κ1) is 17.1. The van der Waals surface area contributed by atoms with Crippen LogP contribution in [0, 0.1) is 5.82 Å². The normalized spacial score (nSPS) is 12.1. The van der Waals surface area contributed by atoms with E-state index in [2.05, 4.69) is 10.1 Å². The van der Waals surface area contributed by atoms with Gasteiger partial charge in [-0.3, -0.25) is 4.79 Å². The Labute approximate surface area is 136 Å². The number of carbonyl (C=O) groups is 1. The summed E-state index contributed by atoms with van der Waals surface area (Å²) in [4.78, 5) is 12.1. The molecule has 0 aliphatic carbocycles. The van der Waals surface area contributed by atoms with Crippen LogP contribution in [-0.2, 0) is 0 Å². The molecule has 1 amide bonds. The molecule has 1 atom stereocenters. The summed E-state index contributed by atoms with van der Waals surface area (Å²) in [6, 6.07) is 9.03. The average Bonchev–Trinajstić information content (AvgIpc) is 2.49. The maximum absolute atomic E-state index is 13.7. The third-order valence-electron chi connectivity index (χ3n) is 3.10. The Morgan fingerprint density at radius 1 is 1.22 bits per heavy atom. The monoisotopic (exact) mass is 343 g/mol. The summed E-state index contributed by atoms with van der Waals surface area (Å²) in [7, 11) is 0. The lowest BCUT2D eigenvalue weighted by Gasteiger charge is -2.16. The van der Waals surface area contributed by atoms with Gasteiger partial charge in [0.15, 0.2) is 0 Å². The van der Waals surface area contributed by atoms with Crippen LogP contribution < -0.4 is 10.1 Å². The van der Waals surface area contributed by atoms with Crippen molar-refractivity contribution in [2.45, 2.75) is 19.6 Å². The van der Waals surface area contributed by atoms with Crippen LogP contribution in [0.2, 0.25) is 5.02 Å². The van der Waals surface area contributed by atoms with Gasteiger partial charge in [0.1, 0.15) is 11.6 Å². The maximum Gasteiger partial charge on any atom is 0.387 e. The number of nitrogens with one attached hydrogen (secondary N) is 1. The van der Waals surface area contributed by atoms with Gasteiger partial charge in [-0.05, 0) is 42.8 Å². The van der Waals surface area contributed by atoms with Gasteiger partial charge >= 0.3 is 6.61 Å². The van der Waals surface area contributed by atoms with Crippen molar-refractivity contribution < 1.29 is 22.7 Å². The molecule has 0 radical (unpaired) electrons. The number of amides is 1. The molecule has 1 N–H and O–H groups in total. The standard InChI is InChI=1S/C16H13ClF3NO2/c1-9(10-3-2-4-12(7-10)23-16(19)20)21-15(22)13-8-11(17)5-6-14(13)18/h2-9,16H,1H3,(H,21,22).